The molecule has 1 fully saturated rings. The molecule has 1 aliphatic carbocycles. The second-order valence-corrected chi connectivity index (χ2v) is 4.66. The van der Waals surface area contributed by atoms with Gasteiger partial charge in [0.1, 0.15) is 0 Å². The molecule has 0 aromatic heterocycles. The van der Waals surface area contributed by atoms with Gasteiger partial charge in [0, 0.05) is 19.0 Å². The fraction of sp³-hybridized carbons (Fsp3) is 0.917. The zero-order valence-corrected chi connectivity index (χ0v) is 9.42. The zero-order chi connectivity index (χ0) is 10.4. The second kappa shape index (κ2) is 6.03. The quantitative estimate of drug-likeness (QED) is 0.698. The lowest BCUT2D eigenvalue weighted by atomic mass is 9.78. The molecule has 0 aliphatic heterocycles. The van der Waals surface area contributed by atoms with Crippen molar-refractivity contribution in [1.29, 1.82) is 5.26 Å². The standard InChI is InChI=1S/C12H22N2/c1-10(2)11-6-3-4-7-12(11)14-9-5-8-13/h10-12,14H,3-7,9H2,1-2H3. The van der Waals surface area contributed by atoms with Crippen LogP contribution < -0.4 is 5.32 Å². The first-order valence-corrected chi connectivity index (χ1v) is 5.86. The molecule has 2 nitrogen and oxygen atoms in total. The molecular formula is C12H22N2. The van der Waals surface area contributed by atoms with E-state index in [0.717, 1.165) is 18.4 Å². The Labute approximate surface area is 87.7 Å². The number of nitriles is 1. The summed E-state index contributed by atoms with van der Waals surface area (Å²) in [5.74, 6) is 1.59. The van der Waals surface area contributed by atoms with E-state index in [1.165, 1.54) is 25.7 Å². The molecule has 0 aromatic rings. The molecule has 2 heteroatoms. The molecule has 0 heterocycles. The van der Waals surface area contributed by atoms with Gasteiger partial charge in [-0.3, -0.25) is 0 Å². The summed E-state index contributed by atoms with van der Waals surface area (Å²) in [7, 11) is 0. The SMILES string of the molecule is CC(C)C1CCCCC1NCCC#N. The van der Waals surface area contributed by atoms with E-state index in [2.05, 4.69) is 25.2 Å². The van der Waals surface area contributed by atoms with Crippen LogP contribution in [0.2, 0.25) is 0 Å². The lowest BCUT2D eigenvalue weighted by Crippen LogP contribution is -2.41. The van der Waals surface area contributed by atoms with Gasteiger partial charge in [0.25, 0.3) is 0 Å². The van der Waals surface area contributed by atoms with Crippen LogP contribution in [0.3, 0.4) is 0 Å². The monoisotopic (exact) mass is 194 g/mol. The van der Waals surface area contributed by atoms with Gasteiger partial charge in [-0.15, -0.1) is 0 Å². The van der Waals surface area contributed by atoms with Crippen molar-refractivity contribution in [3.63, 3.8) is 0 Å². The van der Waals surface area contributed by atoms with E-state index >= 15 is 0 Å². The smallest absolute Gasteiger partial charge is 0.0635 e. The summed E-state index contributed by atoms with van der Waals surface area (Å²) < 4.78 is 0. The highest BCUT2D eigenvalue weighted by Gasteiger charge is 2.26. The van der Waals surface area contributed by atoms with Crippen LogP contribution >= 0.6 is 0 Å². The molecule has 0 aromatic carbocycles. The number of nitrogens with one attached hydrogen (secondary N) is 1. The summed E-state index contributed by atoms with van der Waals surface area (Å²) in [4.78, 5) is 0. The van der Waals surface area contributed by atoms with Gasteiger partial charge in [0.05, 0.1) is 6.07 Å². The maximum absolute atomic E-state index is 8.48. The molecule has 2 atom stereocenters. The van der Waals surface area contributed by atoms with Crippen LogP contribution in [-0.4, -0.2) is 12.6 Å². The minimum atomic E-state index is 0.640. The first-order valence-electron chi connectivity index (χ1n) is 5.86. The molecule has 14 heavy (non-hydrogen) atoms. The van der Waals surface area contributed by atoms with Gasteiger partial charge in [-0.1, -0.05) is 26.7 Å². The van der Waals surface area contributed by atoms with Crippen molar-refractivity contribution < 1.29 is 0 Å². The molecule has 1 saturated carbocycles. The van der Waals surface area contributed by atoms with Crippen LogP contribution in [-0.2, 0) is 0 Å². The van der Waals surface area contributed by atoms with Gasteiger partial charge in [0.2, 0.25) is 0 Å². The number of hydrogen-bond donors (Lipinski definition) is 1. The van der Waals surface area contributed by atoms with Gasteiger partial charge >= 0.3 is 0 Å². The average molecular weight is 194 g/mol. The fourth-order valence-electron chi connectivity index (χ4n) is 2.52. The molecule has 0 amide bonds. The first-order chi connectivity index (χ1) is 6.75. The minimum absolute atomic E-state index is 0.640. The van der Waals surface area contributed by atoms with Crippen molar-refractivity contribution in [2.45, 2.75) is 52.0 Å². The van der Waals surface area contributed by atoms with Crippen LogP contribution in [0.1, 0.15) is 46.0 Å². The molecule has 0 bridgehead atoms. The summed E-state index contributed by atoms with van der Waals surface area (Å²) in [5.41, 5.74) is 0. The van der Waals surface area contributed by atoms with Gasteiger partial charge in [-0.05, 0) is 24.7 Å². The minimum Gasteiger partial charge on any atom is -0.313 e. The van der Waals surface area contributed by atoms with Crippen LogP contribution in [0.15, 0.2) is 0 Å². The average Bonchev–Trinajstić information content (AvgIpc) is 2.19. The van der Waals surface area contributed by atoms with E-state index in [4.69, 9.17) is 5.26 Å². The third-order valence-electron chi connectivity index (χ3n) is 3.32. The van der Waals surface area contributed by atoms with Crippen LogP contribution in [0.5, 0.6) is 0 Å². The Morgan fingerprint density at radius 3 is 2.71 bits per heavy atom. The predicted octanol–water partition coefficient (Wildman–Crippen LogP) is 2.70. The normalized spacial score (nSPS) is 27.6. The highest BCUT2D eigenvalue weighted by atomic mass is 14.9. The van der Waals surface area contributed by atoms with E-state index < -0.39 is 0 Å². The summed E-state index contributed by atoms with van der Waals surface area (Å²) >= 11 is 0. The van der Waals surface area contributed by atoms with Gasteiger partial charge in [-0.25, -0.2) is 0 Å². The molecule has 1 N–H and O–H groups in total. The van der Waals surface area contributed by atoms with Crippen LogP contribution in [0.25, 0.3) is 0 Å². The fourth-order valence-corrected chi connectivity index (χ4v) is 2.52. The van der Waals surface area contributed by atoms with Gasteiger partial charge < -0.3 is 5.32 Å². The first kappa shape index (κ1) is 11.5. The molecule has 0 spiro atoms. The third-order valence-corrected chi connectivity index (χ3v) is 3.32. The summed E-state index contributed by atoms with van der Waals surface area (Å²) in [6.45, 7) is 5.49. The van der Waals surface area contributed by atoms with Crippen molar-refractivity contribution in [1.82, 2.24) is 5.32 Å². The number of rotatable bonds is 4. The Bertz CT molecular complexity index is 193. The topological polar surface area (TPSA) is 35.8 Å². The molecule has 2 unspecified atom stereocenters. The number of nitrogens with zero attached hydrogens (tertiary/aromatic N) is 1. The molecule has 1 aliphatic rings. The zero-order valence-electron chi connectivity index (χ0n) is 9.42. The summed E-state index contributed by atoms with van der Waals surface area (Å²) in [6.07, 6.45) is 6.05. The Balaban J connectivity index is 2.35. The van der Waals surface area contributed by atoms with Crippen molar-refractivity contribution >= 4 is 0 Å². The van der Waals surface area contributed by atoms with E-state index in [1.807, 2.05) is 0 Å². The van der Waals surface area contributed by atoms with Crippen LogP contribution in [0, 0.1) is 23.2 Å². The molecule has 1 rings (SSSR count). The Morgan fingerprint density at radius 1 is 1.36 bits per heavy atom. The van der Waals surface area contributed by atoms with E-state index in [9.17, 15) is 0 Å². The molecule has 0 radical (unpaired) electrons. The molecular weight excluding hydrogens is 172 g/mol. The van der Waals surface area contributed by atoms with Crippen molar-refractivity contribution in [2.75, 3.05) is 6.54 Å². The second-order valence-electron chi connectivity index (χ2n) is 4.66. The Morgan fingerprint density at radius 2 is 2.07 bits per heavy atom. The lowest BCUT2D eigenvalue weighted by Gasteiger charge is -2.35. The lowest BCUT2D eigenvalue weighted by molar-refractivity contribution is 0.207. The summed E-state index contributed by atoms with van der Waals surface area (Å²) in [6, 6.07) is 2.85. The van der Waals surface area contributed by atoms with Gasteiger partial charge in [0.15, 0.2) is 0 Å². The largest absolute Gasteiger partial charge is 0.313 e. The summed E-state index contributed by atoms with van der Waals surface area (Å²) in [5, 5.41) is 12.0. The highest BCUT2D eigenvalue weighted by Crippen LogP contribution is 2.29. The van der Waals surface area contributed by atoms with Crippen molar-refractivity contribution in [2.24, 2.45) is 11.8 Å². The highest BCUT2D eigenvalue weighted by molar-refractivity contribution is 4.84. The van der Waals surface area contributed by atoms with E-state index in [1.54, 1.807) is 0 Å². The van der Waals surface area contributed by atoms with Crippen molar-refractivity contribution in [3.8, 4) is 6.07 Å². The Kier molecular flexibility index (Phi) is 4.97. The van der Waals surface area contributed by atoms with Crippen molar-refractivity contribution in [3.05, 3.63) is 0 Å². The van der Waals surface area contributed by atoms with Gasteiger partial charge in [-0.2, -0.15) is 5.26 Å². The van der Waals surface area contributed by atoms with E-state index in [-0.39, 0.29) is 0 Å². The molecule has 0 saturated heterocycles. The van der Waals surface area contributed by atoms with E-state index in [0.29, 0.717) is 12.5 Å². The Hall–Kier alpha value is -0.550. The maximum Gasteiger partial charge on any atom is 0.0635 e. The number of hydrogen-bond acceptors (Lipinski definition) is 2. The maximum atomic E-state index is 8.48. The predicted molar refractivity (Wildman–Crippen MR) is 58.8 cm³/mol. The third kappa shape index (κ3) is 3.31. The molecule has 80 valence electrons. The van der Waals surface area contributed by atoms with Crippen LogP contribution in [0.4, 0.5) is 0 Å².